The van der Waals surface area contributed by atoms with E-state index in [1.807, 2.05) is 0 Å². The molecule has 0 aliphatic rings. The molecule has 8 nitrogen and oxygen atoms in total. The van der Waals surface area contributed by atoms with E-state index >= 15 is 0 Å². The molecule has 3 aromatic carbocycles. The molecule has 0 radical (unpaired) electrons. The zero-order valence-corrected chi connectivity index (χ0v) is 17.4. The number of fused-ring (bicyclic) bond motifs is 1. The number of rotatable bonds is 4. The van der Waals surface area contributed by atoms with Crippen molar-refractivity contribution in [2.24, 2.45) is 10.2 Å². The molecule has 27 heavy (non-hydrogen) atoms. The number of ether oxygens (including phenoxy) is 1. The quantitative estimate of drug-likeness (QED) is 0.285. The minimum Gasteiger partial charge on any atom is -0.744 e. The van der Waals surface area contributed by atoms with Gasteiger partial charge in [-0.1, -0.05) is 0 Å². The van der Waals surface area contributed by atoms with Gasteiger partial charge in [0.15, 0.2) is 5.75 Å². The van der Waals surface area contributed by atoms with Crippen molar-refractivity contribution >= 4 is 38.0 Å². The summed E-state index contributed by atoms with van der Waals surface area (Å²) in [6.45, 7) is 0. The van der Waals surface area contributed by atoms with Crippen LogP contribution in [0, 0.1) is 0 Å². The van der Waals surface area contributed by atoms with Crippen LogP contribution in [0.4, 0.5) is 17.1 Å². The minimum absolute atomic E-state index is 0. The molecule has 10 heteroatoms. The number of nitrogens with zero attached hydrogens (tertiary/aromatic N) is 2. The smallest absolute Gasteiger partial charge is 0.744 e. The Morgan fingerprint density at radius 2 is 1.74 bits per heavy atom. The van der Waals surface area contributed by atoms with Gasteiger partial charge in [-0.2, -0.15) is 5.11 Å². The zero-order chi connectivity index (χ0) is 18.9. The summed E-state index contributed by atoms with van der Waals surface area (Å²) in [5, 5.41) is 18.7. The van der Waals surface area contributed by atoms with E-state index in [0.717, 1.165) is 6.07 Å². The molecular weight excluding hydrogens is 381 g/mol. The molecule has 0 amide bonds. The summed E-state index contributed by atoms with van der Waals surface area (Å²) in [5.74, 6) is 0.145. The maximum Gasteiger partial charge on any atom is 1.00 e. The van der Waals surface area contributed by atoms with Crippen LogP contribution in [0.5, 0.6) is 11.5 Å². The van der Waals surface area contributed by atoms with Gasteiger partial charge in [-0.05, 0) is 53.9 Å². The number of hydrogen-bond donors (Lipinski definition) is 2. The molecule has 0 aliphatic carbocycles. The number of methoxy groups -OCH3 is 1. The fourth-order valence-electron chi connectivity index (χ4n) is 2.41. The number of benzene rings is 3. The maximum absolute atomic E-state index is 11.6. The number of phenols is 1. The van der Waals surface area contributed by atoms with Crippen molar-refractivity contribution in [2.75, 3.05) is 12.8 Å². The molecule has 0 aromatic heterocycles. The van der Waals surface area contributed by atoms with Gasteiger partial charge in [-0.25, -0.2) is 8.42 Å². The number of aromatic hydroxyl groups is 1. The molecule has 0 aliphatic heterocycles. The minimum atomic E-state index is -4.90. The van der Waals surface area contributed by atoms with E-state index in [1.165, 1.54) is 25.3 Å². The first-order valence-electron chi connectivity index (χ1n) is 7.36. The Kier molecular flexibility index (Phi) is 6.45. The van der Waals surface area contributed by atoms with Crippen LogP contribution in [-0.2, 0) is 10.1 Å². The van der Waals surface area contributed by atoms with Crippen LogP contribution in [0.3, 0.4) is 0 Å². The van der Waals surface area contributed by atoms with E-state index in [-0.39, 0.29) is 29.6 Å². The summed E-state index contributed by atoms with van der Waals surface area (Å²) < 4.78 is 39.9. The fraction of sp³-hybridized carbons (Fsp3) is 0.0588. The molecule has 0 heterocycles. The molecule has 134 valence electrons. The largest absolute Gasteiger partial charge is 1.00 e. The van der Waals surface area contributed by atoms with Gasteiger partial charge in [0, 0.05) is 11.1 Å². The molecule has 0 spiro atoms. The predicted molar refractivity (Wildman–Crippen MR) is 95.2 cm³/mol. The Balaban J connectivity index is 0.00000261. The van der Waals surface area contributed by atoms with Gasteiger partial charge < -0.3 is 20.1 Å². The van der Waals surface area contributed by atoms with E-state index in [4.69, 9.17) is 10.5 Å². The first-order chi connectivity index (χ1) is 12.3. The average molecular weight is 395 g/mol. The summed E-state index contributed by atoms with van der Waals surface area (Å²) in [6.07, 6.45) is 0. The topological polar surface area (TPSA) is 137 Å². The number of anilines is 1. The SMILES string of the molecule is COc1ccc(N=Nc2c(S(=O)(=O)[O-])cc3cc(N)ccc3c2O)cc1.[Na+]. The van der Waals surface area contributed by atoms with Crippen molar-refractivity contribution in [3.8, 4) is 11.5 Å². The van der Waals surface area contributed by atoms with Crippen LogP contribution in [-0.4, -0.2) is 25.2 Å². The Bertz CT molecular complexity index is 1120. The Labute approximate surface area is 177 Å². The molecule has 0 saturated heterocycles. The first-order valence-corrected chi connectivity index (χ1v) is 8.77. The standard InChI is InChI=1S/C17H15N3O5S.Na/c1-25-13-5-3-12(4-6-13)19-20-16-15(26(22,23)24)9-10-8-11(18)2-7-14(10)17(16)21;/h2-9,21H,18H2,1H3,(H,22,23,24);/q;+1/p-1. The third kappa shape index (κ3) is 4.57. The molecule has 3 aromatic rings. The molecule has 0 bridgehead atoms. The molecule has 0 atom stereocenters. The number of azo groups is 1. The molecule has 0 saturated carbocycles. The zero-order valence-electron chi connectivity index (χ0n) is 14.6. The number of hydrogen-bond acceptors (Lipinski definition) is 8. The Morgan fingerprint density at radius 1 is 1.07 bits per heavy atom. The third-order valence-corrected chi connectivity index (χ3v) is 4.53. The normalized spacial score (nSPS) is 11.5. The summed E-state index contributed by atoms with van der Waals surface area (Å²) in [4.78, 5) is -0.676. The second kappa shape index (κ2) is 8.24. The van der Waals surface area contributed by atoms with E-state index < -0.39 is 26.5 Å². The van der Waals surface area contributed by atoms with Crippen LogP contribution in [0.25, 0.3) is 10.8 Å². The van der Waals surface area contributed by atoms with Crippen molar-refractivity contribution in [1.29, 1.82) is 0 Å². The molecule has 3 rings (SSSR count). The number of nitrogen functional groups attached to an aromatic ring is 1. The maximum atomic E-state index is 11.6. The van der Waals surface area contributed by atoms with Crippen LogP contribution in [0.15, 0.2) is 63.7 Å². The van der Waals surface area contributed by atoms with Crippen molar-refractivity contribution in [1.82, 2.24) is 0 Å². The van der Waals surface area contributed by atoms with Gasteiger partial charge in [0.2, 0.25) is 0 Å². The van der Waals surface area contributed by atoms with Gasteiger partial charge in [0.25, 0.3) is 0 Å². The molecular formula is C17H14N3NaO5S. The van der Waals surface area contributed by atoms with E-state index in [9.17, 15) is 18.1 Å². The van der Waals surface area contributed by atoms with Gasteiger partial charge in [0.05, 0.1) is 17.7 Å². The van der Waals surface area contributed by atoms with Crippen LogP contribution < -0.4 is 40.0 Å². The summed E-state index contributed by atoms with van der Waals surface area (Å²) in [6, 6.07) is 12.1. The number of nitrogens with two attached hydrogens (primary N) is 1. The van der Waals surface area contributed by atoms with Crippen LogP contribution >= 0.6 is 0 Å². The third-order valence-electron chi connectivity index (χ3n) is 3.68. The van der Waals surface area contributed by atoms with Crippen LogP contribution in [0.2, 0.25) is 0 Å². The van der Waals surface area contributed by atoms with Gasteiger partial charge in [-0.3, -0.25) is 0 Å². The van der Waals surface area contributed by atoms with Crippen LogP contribution in [0.1, 0.15) is 0 Å². The average Bonchev–Trinajstić information content (AvgIpc) is 2.60. The molecule has 0 unspecified atom stereocenters. The van der Waals surface area contributed by atoms with Gasteiger partial charge in [0.1, 0.15) is 21.6 Å². The Hall–Kier alpha value is -2.17. The fourth-order valence-corrected chi connectivity index (χ4v) is 3.06. The van der Waals surface area contributed by atoms with Gasteiger partial charge in [-0.15, -0.1) is 5.11 Å². The van der Waals surface area contributed by atoms with Crippen molar-refractivity contribution in [3.05, 3.63) is 48.5 Å². The summed E-state index contributed by atoms with van der Waals surface area (Å²) >= 11 is 0. The van der Waals surface area contributed by atoms with Gasteiger partial charge >= 0.3 is 29.6 Å². The summed E-state index contributed by atoms with van der Waals surface area (Å²) in [5.41, 5.74) is 5.99. The van der Waals surface area contributed by atoms with E-state index in [1.54, 1.807) is 24.3 Å². The summed E-state index contributed by atoms with van der Waals surface area (Å²) in [7, 11) is -3.38. The van der Waals surface area contributed by atoms with E-state index in [2.05, 4.69) is 10.2 Å². The van der Waals surface area contributed by atoms with Crippen molar-refractivity contribution in [2.45, 2.75) is 4.90 Å². The Morgan fingerprint density at radius 3 is 2.33 bits per heavy atom. The molecule has 3 N–H and O–H groups in total. The van der Waals surface area contributed by atoms with Crippen molar-refractivity contribution in [3.63, 3.8) is 0 Å². The molecule has 0 fully saturated rings. The predicted octanol–water partition coefficient (Wildman–Crippen LogP) is 0.460. The number of phenolic OH excluding ortho intramolecular Hbond substituents is 1. The monoisotopic (exact) mass is 395 g/mol. The second-order valence-corrected chi connectivity index (χ2v) is 6.75. The second-order valence-electron chi connectivity index (χ2n) is 5.40. The van der Waals surface area contributed by atoms with Crippen molar-refractivity contribution < 1.29 is 52.4 Å². The van der Waals surface area contributed by atoms with E-state index in [0.29, 0.717) is 27.9 Å². The first kappa shape index (κ1) is 21.1.